The van der Waals surface area contributed by atoms with E-state index in [4.69, 9.17) is 16.3 Å². The lowest BCUT2D eigenvalue weighted by Crippen LogP contribution is -2.20. The lowest BCUT2D eigenvalue weighted by Gasteiger charge is -2.13. The van der Waals surface area contributed by atoms with E-state index in [-0.39, 0.29) is 0 Å². The third-order valence-electron chi connectivity index (χ3n) is 2.54. The van der Waals surface area contributed by atoms with Gasteiger partial charge in [0.25, 0.3) is 0 Å². The van der Waals surface area contributed by atoms with E-state index in [1.54, 1.807) is 7.11 Å². The highest BCUT2D eigenvalue weighted by Gasteiger charge is 2.02. The Kier molecular flexibility index (Phi) is 4.92. The van der Waals surface area contributed by atoms with E-state index in [1.165, 1.54) is 5.56 Å². The van der Waals surface area contributed by atoms with Crippen LogP contribution >= 0.6 is 11.6 Å². The average Bonchev–Trinajstić information content (AvgIpc) is 2.26. The van der Waals surface area contributed by atoms with Crippen molar-refractivity contribution >= 4 is 11.6 Å². The molecule has 0 unspecified atom stereocenters. The molecule has 0 bridgehead atoms. The van der Waals surface area contributed by atoms with E-state index in [2.05, 4.69) is 24.9 Å². The van der Waals surface area contributed by atoms with Crippen LogP contribution < -0.4 is 4.74 Å². The summed E-state index contributed by atoms with van der Waals surface area (Å²) < 4.78 is 5.10. The molecule has 0 saturated carbocycles. The van der Waals surface area contributed by atoms with Gasteiger partial charge in [0.2, 0.25) is 0 Å². The van der Waals surface area contributed by atoms with Gasteiger partial charge in [0.1, 0.15) is 5.75 Å². The van der Waals surface area contributed by atoms with Crippen molar-refractivity contribution in [3.05, 3.63) is 28.8 Å². The van der Waals surface area contributed by atoms with Crippen molar-refractivity contribution in [1.82, 2.24) is 4.90 Å². The first-order valence-corrected chi connectivity index (χ1v) is 5.56. The van der Waals surface area contributed by atoms with E-state index in [1.807, 2.05) is 12.1 Å². The fourth-order valence-corrected chi connectivity index (χ4v) is 1.62. The standard InChI is InChI=1S/C12H18ClNO/c1-4-14(2)8-7-10-5-6-12(15-3)11(13)9-10/h5-6,9H,4,7-8H2,1-3H3. The molecule has 0 N–H and O–H groups in total. The lowest BCUT2D eigenvalue weighted by atomic mass is 10.1. The second-order valence-electron chi connectivity index (χ2n) is 3.61. The van der Waals surface area contributed by atoms with E-state index in [9.17, 15) is 0 Å². The van der Waals surface area contributed by atoms with Crippen LogP contribution in [0.4, 0.5) is 0 Å². The third kappa shape index (κ3) is 3.73. The van der Waals surface area contributed by atoms with Gasteiger partial charge in [-0.1, -0.05) is 24.6 Å². The number of ether oxygens (including phenoxy) is 1. The lowest BCUT2D eigenvalue weighted by molar-refractivity contribution is 0.357. The summed E-state index contributed by atoms with van der Waals surface area (Å²) in [7, 11) is 3.75. The van der Waals surface area contributed by atoms with E-state index in [0.717, 1.165) is 25.3 Å². The molecular weight excluding hydrogens is 210 g/mol. The van der Waals surface area contributed by atoms with Gasteiger partial charge in [0.15, 0.2) is 0 Å². The highest BCUT2D eigenvalue weighted by atomic mass is 35.5. The minimum Gasteiger partial charge on any atom is -0.495 e. The summed E-state index contributed by atoms with van der Waals surface area (Å²) in [5.74, 6) is 0.740. The molecule has 0 saturated heterocycles. The van der Waals surface area contributed by atoms with Crippen molar-refractivity contribution in [2.24, 2.45) is 0 Å². The second-order valence-corrected chi connectivity index (χ2v) is 4.02. The van der Waals surface area contributed by atoms with Crippen molar-refractivity contribution < 1.29 is 4.74 Å². The molecule has 1 aromatic carbocycles. The topological polar surface area (TPSA) is 12.5 Å². The second kappa shape index (κ2) is 5.99. The summed E-state index contributed by atoms with van der Waals surface area (Å²) in [6.45, 7) is 4.28. The predicted octanol–water partition coefficient (Wildman–Crippen LogP) is 2.84. The first-order valence-electron chi connectivity index (χ1n) is 5.18. The fraction of sp³-hybridized carbons (Fsp3) is 0.500. The Bertz CT molecular complexity index is 314. The van der Waals surface area contributed by atoms with Crippen molar-refractivity contribution in [3.8, 4) is 5.75 Å². The zero-order chi connectivity index (χ0) is 11.3. The molecule has 0 amide bonds. The molecule has 1 rings (SSSR count). The predicted molar refractivity (Wildman–Crippen MR) is 64.9 cm³/mol. The third-order valence-corrected chi connectivity index (χ3v) is 2.83. The van der Waals surface area contributed by atoms with Gasteiger partial charge in [-0.25, -0.2) is 0 Å². The molecule has 0 atom stereocenters. The zero-order valence-electron chi connectivity index (χ0n) is 9.59. The molecule has 0 aliphatic rings. The number of benzene rings is 1. The van der Waals surface area contributed by atoms with Crippen LogP contribution in [-0.4, -0.2) is 32.1 Å². The highest BCUT2D eigenvalue weighted by molar-refractivity contribution is 6.32. The van der Waals surface area contributed by atoms with Gasteiger partial charge in [-0.2, -0.15) is 0 Å². The van der Waals surface area contributed by atoms with Gasteiger partial charge < -0.3 is 9.64 Å². The van der Waals surface area contributed by atoms with E-state index < -0.39 is 0 Å². The van der Waals surface area contributed by atoms with Crippen molar-refractivity contribution in [2.75, 3.05) is 27.2 Å². The van der Waals surface area contributed by atoms with Gasteiger partial charge in [-0.05, 0) is 37.7 Å². The molecule has 2 nitrogen and oxygen atoms in total. The molecule has 0 aliphatic heterocycles. The number of rotatable bonds is 5. The SMILES string of the molecule is CCN(C)CCc1ccc(OC)c(Cl)c1. The van der Waals surface area contributed by atoms with Crippen LogP contribution in [0.3, 0.4) is 0 Å². The molecule has 15 heavy (non-hydrogen) atoms. The zero-order valence-corrected chi connectivity index (χ0v) is 10.3. The van der Waals surface area contributed by atoms with Crippen LogP contribution in [0.5, 0.6) is 5.75 Å². The van der Waals surface area contributed by atoms with E-state index >= 15 is 0 Å². The quantitative estimate of drug-likeness (QED) is 0.767. The van der Waals surface area contributed by atoms with Gasteiger partial charge in [-0.15, -0.1) is 0 Å². The molecule has 0 spiro atoms. The number of methoxy groups -OCH3 is 1. The van der Waals surface area contributed by atoms with Crippen molar-refractivity contribution in [2.45, 2.75) is 13.3 Å². The molecule has 0 heterocycles. The Balaban J connectivity index is 2.59. The maximum Gasteiger partial charge on any atom is 0.137 e. The Morgan fingerprint density at radius 1 is 1.40 bits per heavy atom. The van der Waals surface area contributed by atoms with Crippen molar-refractivity contribution in [3.63, 3.8) is 0 Å². The number of hydrogen-bond donors (Lipinski definition) is 0. The van der Waals surface area contributed by atoms with Gasteiger partial charge in [-0.3, -0.25) is 0 Å². The monoisotopic (exact) mass is 227 g/mol. The minimum atomic E-state index is 0.689. The first-order chi connectivity index (χ1) is 7.17. The number of halogens is 1. The molecule has 1 aromatic rings. The van der Waals surface area contributed by atoms with Crippen LogP contribution in [0.1, 0.15) is 12.5 Å². The average molecular weight is 228 g/mol. The maximum atomic E-state index is 6.04. The van der Waals surface area contributed by atoms with Gasteiger partial charge in [0.05, 0.1) is 12.1 Å². The normalized spacial score (nSPS) is 10.7. The first kappa shape index (κ1) is 12.3. The number of likely N-dealkylation sites (N-methyl/N-ethyl adjacent to an activating group) is 1. The Morgan fingerprint density at radius 3 is 2.67 bits per heavy atom. The van der Waals surface area contributed by atoms with Crippen LogP contribution in [0.2, 0.25) is 5.02 Å². The van der Waals surface area contributed by atoms with E-state index in [0.29, 0.717) is 5.02 Å². The van der Waals surface area contributed by atoms with Crippen LogP contribution in [-0.2, 0) is 6.42 Å². The summed E-state index contributed by atoms with van der Waals surface area (Å²) >= 11 is 6.04. The van der Waals surface area contributed by atoms with Crippen molar-refractivity contribution in [1.29, 1.82) is 0 Å². The summed E-state index contributed by atoms with van der Waals surface area (Å²) in [4.78, 5) is 2.28. The molecule has 0 radical (unpaired) electrons. The number of hydrogen-bond acceptors (Lipinski definition) is 2. The van der Waals surface area contributed by atoms with Gasteiger partial charge >= 0.3 is 0 Å². The largest absolute Gasteiger partial charge is 0.495 e. The minimum absolute atomic E-state index is 0.689. The molecule has 0 aliphatic carbocycles. The summed E-state index contributed by atoms with van der Waals surface area (Å²) in [6, 6.07) is 5.96. The van der Waals surface area contributed by atoms with Crippen LogP contribution in [0.15, 0.2) is 18.2 Å². The molecule has 84 valence electrons. The number of nitrogens with zero attached hydrogens (tertiary/aromatic N) is 1. The molecule has 0 fully saturated rings. The van der Waals surface area contributed by atoms with Gasteiger partial charge in [0, 0.05) is 6.54 Å². The summed E-state index contributed by atoms with van der Waals surface area (Å²) in [6.07, 6.45) is 1.02. The Morgan fingerprint density at radius 2 is 2.13 bits per heavy atom. The van der Waals surface area contributed by atoms with Crippen LogP contribution in [0, 0.1) is 0 Å². The maximum absolute atomic E-state index is 6.04. The molecular formula is C12H18ClNO. The molecule has 3 heteroatoms. The molecule has 0 aromatic heterocycles. The Labute approximate surface area is 96.8 Å². The summed E-state index contributed by atoms with van der Waals surface area (Å²) in [5.41, 5.74) is 1.25. The fourth-order valence-electron chi connectivity index (χ4n) is 1.34. The summed E-state index contributed by atoms with van der Waals surface area (Å²) in [5, 5.41) is 0.689. The smallest absolute Gasteiger partial charge is 0.137 e. The van der Waals surface area contributed by atoms with Crippen LogP contribution in [0.25, 0.3) is 0 Å². The highest BCUT2D eigenvalue weighted by Crippen LogP contribution is 2.25. The Hall–Kier alpha value is -0.730.